The van der Waals surface area contributed by atoms with Gasteiger partial charge in [-0.2, -0.15) is 0 Å². The highest BCUT2D eigenvalue weighted by atomic mass is 16.5. The van der Waals surface area contributed by atoms with Crippen LogP contribution < -0.4 is 10.1 Å². The first-order valence-corrected chi connectivity index (χ1v) is 13.3. The van der Waals surface area contributed by atoms with E-state index in [1.54, 1.807) is 13.0 Å². The minimum atomic E-state index is -0.957. The zero-order valence-electron chi connectivity index (χ0n) is 22.1. The molecule has 1 fully saturated rings. The van der Waals surface area contributed by atoms with Gasteiger partial charge in [0.15, 0.2) is 5.78 Å². The number of ether oxygens (including phenoxy) is 1. The molecule has 1 saturated carbocycles. The van der Waals surface area contributed by atoms with Crippen molar-refractivity contribution in [1.82, 2.24) is 10.3 Å². The zero-order valence-corrected chi connectivity index (χ0v) is 22.1. The van der Waals surface area contributed by atoms with Crippen LogP contribution in [0.3, 0.4) is 0 Å². The van der Waals surface area contributed by atoms with Gasteiger partial charge in [-0.05, 0) is 56.5 Å². The molecule has 4 rings (SSSR count). The van der Waals surface area contributed by atoms with Gasteiger partial charge in [-0.15, -0.1) is 0 Å². The number of aryl methyl sites for hydroxylation is 1. The molecule has 7 nitrogen and oxygen atoms in total. The monoisotopic (exact) mass is 516 g/mol. The number of benzene rings is 2. The number of carbonyl (C=O) groups is 2. The van der Waals surface area contributed by atoms with Crippen molar-refractivity contribution in [2.45, 2.75) is 64.8 Å². The number of aliphatic carboxylic acids is 1. The molecular formula is C31H36N2O5. The van der Waals surface area contributed by atoms with Crippen molar-refractivity contribution < 1.29 is 23.8 Å². The number of hydrogen-bond donors (Lipinski definition) is 2. The molecule has 0 spiro atoms. The molecule has 38 heavy (non-hydrogen) atoms. The van der Waals surface area contributed by atoms with Gasteiger partial charge in [0.25, 0.3) is 0 Å². The lowest BCUT2D eigenvalue weighted by molar-refractivity contribution is -0.139. The van der Waals surface area contributed by atoms with Gasteiger partial charge < -0.3 is 19.6 Å². The number of carboxylic acids is 1. The van der Waals surface area contributed by atoms with E-state index in [2.05, 4.69) is 10.3 Å². The minimum absolute atomic E-state index is 0.0652. The highest BCUT2D eigenvalue weighted by Crippen LogP contribution is 2.25. The SMILES string of the molecule is CC(=CC(=O)C1CCCCC1)N[C@@H](Cc1ccc(OCCc2nc(-c3ccccc3)oc2C)cc1)C(=O)O. The summed E-state index contributed by atoms with van der Waals surface area (Å²) in [6.45, 7) is 4.10. The number of rotatable bonds is 12. The third kappa shape index (κ3) is 7.57. The molecule has 200 valence electrons. The number of oxazole rings is 1. The van der Waals surface area contributed by atoms with Gasteiger partial charge in [0.05, 0.1) is 12.3 Å². The first-order valence-electron chi connectivity index (χ1n) is 13.3. The molecule has 0 bridgehead atoms. The van der Waals surface area contributed by atoms with Crippen LogP contribution >= 0.6 is 0 Å². The summed E-state index contributed by atoms with van der Waals surface area (Å²) in [4.78, 5) is 29.0. The second kappa shape index (κ2) is 13.1. The Kier molecular flexibility index (Phi) is 9.35. The molecule has 2 N–H and O–H groups in total. The van der Waals surface area contributed by atoms with E-state index in [-0.39, 0.29) is 11.7 Å². The van der Waals surface area contributed by atoms with Crippen molar-refractivity contribution in [2.75, 3.05) is 6.61 Å². The molecule has 2 aromatic carbocycles. The van der Waals surface area contributed by atoms with E-state index in [0.717, 1.165) is 48.3 Å². The molecule has 0 saturated heterocycles. The van der Waals surface area contributed by atoms with Crippen molar-refractivity contribution >= 4 is 11.8 Å². The fourth-order valence-corrected chi connectivity index (χ4v) is 4.82. The summed E-state index contributed by atoms with van der Waals surface area (Å²) in [5.41, 5.74) is 3.25. The van der Waals surface area contributed by atoms with E-state index < -0.39 is 12.0 Å². The Labute approximate surface area is 223 Å². The second-order valence-corrected chi connectivity index (χ2v) is 9.93. The molecule has 1 heterocycles. The van der Waals surface area contributed by atoms with Gasteiger partial charge in [-0.3, -0.25) is 4.79 Å². The largest absolute Gasteiger partial charge is 0.493 e. The van der Waals surface area contributed by atoms with Crippen molar-refractivity contribution in [3.63, 3.8) is 0 Å². The lowest BCUT2D eigenvalue weighted by Gasteiger charge is -2.20. The van der Waals surface area contributed by atoms with Crippen LogP contribution in [0.2, 0.25) is 0 Å². The Hall–Kier alpha value is -3.87. The van der Waals surface area contributed by atoms with Crippen LogP contribution in [0.1, 0.15) is 56.0 Å². The van der Waals surface area contributed by atoms with E-state index in [1.807, 2.05) is 61.5 Å². The maximum atomic E-state index is 12.5. The van der Waals surface area contributed by atoms with Crippen LogP contribution in [0.25, 0.3) is 11.5 Å². The maximum Gasteiger partial charge on any atom is 0.326 e. The van der Waals surface area contributed by atoms with Gasteiger partial charge in [-0.25, -0.2) is 9.78 Å². The number of hydrogen-bond acceptors (Lipinski definition) is 6. The maximum absolute atomic E-state index is 12.5. The van der Waals surface area contributed by atoms with E-state index in [9.17, 15) is 14.7 Å². The Morgan fingerprint density at radius 1 is 1.11 bits per heavy atom. The number of carboxylic acid groups (broad SMARTS) is 1. The number of carbonyl (C=O) groups excluding carboxylic acids is 1. The van der Waals surface area contributed by atoms with Crippen LogP contribution in [-0.4, -0.2) is 34.5 Å². The lowest BCUT2D eigenvalue weighted by atomic mass is 9.86. The summed E-state index contributed by atoms with van der Waals surface area (Å²) >= 11 is 0. The highest BCUT2D eigenvalue weighted by molar-refractivity contribution is 5.92. The van der Waals surface area contributed by atoms with Gasteiger partial charge in [0.2, 0.25) is 5.89 Å². The normalized spacial score (nSPS) is 15.2. The first-order chi connectivity index (χ1) is 18.4. The summed E-state index contributed by atoms with van der Waals surface area (Å²) in [7, 11) is 0. The van der Waals surface area contributed by atoms with E-state index >= 15 is 0 Å². The second-order valence-electron chi connectivity index (χ2n) is 9.93. The molecule has 1 aromatic heterocycles. The summed E-state index contributed by atoms with van der Waals surface area (Å²) in [5, 5.41) is 12.7. The van der Waals surface area contributed by atoms with Crippen LogP contribution in [-0.2, 0) is 22.4 Å². The van der Waals surface area contributed by atoms with Crippen LogP contribution in [0.4, 0.5) is 0 Å². The van der Waals surface area contributed by atoms with Crippen molar-refractivity contribution in [1.29, 1.82) is 0 Å². The summed E-state index contributed by atoms with van der Waals surface area (Å²) in [6, 6.07) is 16.4. The predicted octanol–water partition coefficient (Wildman–Crippen LogP) is 5.91. The lowest BCUT2D eigenvalue weighted by Crippen LogP contribution is -2.37. The Bertz CT molecular complexity index is 1240. The molecular weight excluding hydrogens is 480 g/mol. The average molecular weight is 517 g/mol. The predicted molar refractivity (Wildman–Crippen MR) is 146 cm³/mol. The topological polar surface area (TPSA) is 102 Å². The van der Waals surface area contributed by atoms with E-state index in [4.69, 9.17) is 9.15 Å². The average Bonchev–Trinajstić information content (AvgIpc) is 3.30. The number of nitrogens with one attached hydrogen (secondary N) is 1. The zero-order chi connectivity index (χ0) is 26.9. The van der Waals surface area contributed by atoms with Crippen LogP contribution in [0.15, 0.2) is 70.8 Å². The van der Waals surface area contributed by atoms with E-state index in [0.29, 0.717) is 36.8 Å². The highest BCUT2D eigenvalue weighted by Gasteiger charge is 2.21. The number of ketones is 1. The van der Waals surface area contributed by atoms with Gasteiger partial charge in [0.1, 0.15) is 17.6 Å². The molecule has 7 heteroatoms. The van der Waals surface area contributed by atoms with Gasteiger partial charge in [-0.1, -0.05) is 49.6 Å². The molecule has 3 aromatic rings. The molecule has 0 unspecified atom stereocenters. The first kappa shape index (κ1) is 27.2. The number of aromatic nitrogens is 1. The summed E-state index contributed by atoms with van der Waals surface area (Å²) < 4.78 is 11.7. The third-order valence-corrected chi connectivity index (χ3v) is 6.95. The van der Waals surface area contributed by atoms with Gasteiger partial charge in [0, 0.05) is 36.1 Å². The molecule has 1 aliphatic carbocycles. The van der Waals surface area contributed by atoms with Crippen LogP contribution in [0.5, 0.6) is 5.75 Å². The van der Waals surface area contributed by atoms with Gasteiger partial charge >= 0.3 is 5.97 Å². The van der Waals surface area contributed by atoms with Crippen molar-refractivity contribution in [2.24, 2.45) is 5.92 Å². The van der Waals surface area contributed by atoms with Crippen LogP contribution in [0, 0.1) is 12.8 Å². The molecule has 1 aliphatic rings. The molecule has 0 amide bonds. The standard InChI is InChI=1S/C31H36N2O5/c1-21(19-29(34)24-9-5-3-6-10-24)32-28(31(35)36)20-23-13-15-26(16-14-23)37-18-17-27-22(2)38-30(33-27)25-11-7-4-8-12-25/h4,7-8,11-16,19,24,28,32H,3,5-6,9-10,17-18,20H2,1-2H3,(H,35,36)/t28-/m0/s1. The van der Waals surface area contributed by atoms with E-state index in [1.165, 1.54) is 6.42 Å². The smallest absolute Gasteiger partial charge is 0.326 e. The molecule has 1 atom stereocenters. The van der Waals surface area contributed by atoms with Crippen molar-refractivity contribution in [3.05, 3.63) is 83.4 Å². The fourth-order valence-electron chi connectivity index (χ4n) is 4.82. The third-order valence-electron chi connectivity index (χ3n) is 6.95. The Morgan fingerprint density at radius 2 is 1.82 bits per heavy atom. The summed E-state index contributed by atoms with van der Waals surface area (Å²) in [6.07, 6.45) is 7.68. The molecule has 0 radical (unpaired) electrons. The molecule has 0 aliphatic heterocycles. The summed E-state index contributed by atoms with van der Waals surface area (Å²) in [5.74, 6) is 1.29. The minimum Gasteiger partial charge on any atom is -0.493 e. The fraction of sp³-hybridized carbons (Fsp3) is 0.387. The number of allylic oxidation sites excluding steroid dienone is 2. The Balaban J connectivity index is 1.28. The van der Waals surface area contributed by atoms with Crippen molar-refractivity contribution in [3.8, 4) is 17.2 Å². The number of nitrogens with zero attached hydrogens (tertiary/aromatic N) is 1. The Morgan fingerprint density at radius 3 is 2.50 bits per heavy atom. The quantitative estimate of drug-likeness (QED) is 0.289.